The fourth-order valence-electron chi connectivity index (χ4n) is 1.97. The molecule has 0 unspecified atom stereocenters. The lowest BCUT2D eigenvalue weighted by atomic mass is 10.2. The molecule has 0 aliphatic heterocycles. The Kier molecular flexibility index (Phi) is 4.39. The van der Waals surface area contributed by atoms with Gasteiger partial charge in [0.15, 0.2) is 0 Å². The molecule has 2 aromatic rings. The highest BCUT2D eigenvalue weighted by atomic mass is 79.9. The number of nitrogens with one attached hydrogen (secondary N) is 1. The van der Waals surface area contributed by atoms with Crippen LogP contribution in [0.5, 0.6) is 0 Å². The van der Waals surface area contributed by atoms with Gasteiger partial charge in [-0.25, -0.2) is 4.98 Å². The number of halogens is 1. The molecule has 0 fully saturated rings. The molecule has 3 N–H and O–H groups in total. The second kappa shape index (κ2) is 6.05. The van der Waals surface area contributed by atoms with Gasteiger partial charge in [0.1, 0.15) is 11.7 Å². The number of aryl methyl sites for hydroxylation is 1. The maximum atomic E-state index is 7.55. The van der Waals surface area contributed by atoms with E-state index >= 15 is 0 Å². The smallest absolute Gasteiger partial charge is 0.129 e. The van der Waals surface area contributed by atoms with Gasteiger partial charge in [-0.15, -0.1) is 0 Å². The molecule has 104 valence electrons. The van der Waals surface area contributed by atoms with Crippen LogP contribution in [0, 0.1) is 12.3 Å². The first-order chi connectivity index (χ1) is 9.47. The predicted octanol–water partition coefficient (Wildman–Crippen LogP) is 3.07. The molecule has 0 atom stereocenters. The summed E-state index contributed by atoms with van der Waals surface area (Å²) in [7, 11) is 1.98. The van der Waals surface area contributed by atoms with Crippen LogP contribution in [0.2, 0.25) is 0 Å². The lowest BCUT2D eigenvalue weighted by Gasteiger charge is -2.20. The zero-order valence-electron chi connectivity index (χ0n) is 11.5. The third-order valence-corrected chi connectivity index (χ3v) is 3.78. The van der Waals surface area contributed by atoms with Crippen molar-refractivity contribution in [3.8, 4) is 0 Å². The molecule has 0 amide bonds. The summed E-state index contributed by atoms with van der Waals surface area (Å²) in [6, 6.07) is 11.8. The molecule has 0 aliphatic rings. The molecule has 20 heavy (non-hydrogen) atoms. The number of rotatable bonds is 4. The molecule has 0 saturated heterocycles. The van der Waals surface area contributed by atoms with Crippen molar-refractivity contribution in [2.75, 3.05) is 11.9 Å². The number of benzene rings is 1. The summed E-state index contributed by atoms with van der Waals surface area (Å²) in [4.78, 5) is 6.54. The number of amidine groups is 1. The second-order valence-electron chi connectivity index (χ2n) is 4.72. The number of nitrogens with two attached hydrogens (primary N) is 1. The third kappa shape index (κ3) is 3.36. The van der Waals surface area contributed by atoms with Crippen molar-refractivity contribution in [2.45, 2.75) is 13.5 Å². The summed E-state index contributed by atoms with van der Waals surface area (Å²) in [5.74, 6) is 0.872. The zero-order chi connectivity index (χ0) is 14.7. The van der Waals surface area contributed by atoms with E-state index in [-0.39, 0.29) is 5.84 Å². The summed E-state index contributed by atoms with van der Waals surface area (Å²) in [5.41, 5.74) is 8.29. The van der Waals surface area contributed by atoms with Crippen molar-refractivity contribution in [3.05, 3.63) is 57.7 Å². The highest BCUT2D eigenvalue weighted by Gasteiger charge is 2.09. The summed E-state index contributed by atoms with van der Waals surface area (Å²) < 4.78 is 1.08. The molecular weight excluding hydrogens is 316 g/mol. The van der Waals surface area contributed by atoms with E-state index in [9.17, 15) is 0 Å². The summed E-state index contributed by atoms with van der Waals surface area (Å²) in [5, 5.41) is 7.55. The van der Waals surface area contributed by atoms with E-state index < -0.39 is 0 Å². The van der Waals surface area contributed by atoms with Crippen molar-refractivity contribution in [1.29, 1.82) is 5.41 Å². The molecule has 0 bridgehead atoms. The van der Waals surface area contributed by atoms with Crippen molar-refractivity contribution in [3.63, 3.8) is 0 Å². The average Bonchev–Trinajstić information content (AvgIpc) is 2.40. The molecule has 0 saturated carbocycles. The number of anilines is 1. The Labute approximate surface area is 127 Å². The van der Waals surface area contributed by atoms with Gasteiger partial charge in [-0.05, 0) is 30.7 Å². The Morgan fingerprint density at radius 1 is 1.35 bits per heavy atom. The Morgan fingerprint density at radius 2 is 2.05 bits per heavy atom. The first kappa shape index (κ1) is 14.5. The van der Waals surface area contributed by atoms with Crippen LogP contribution < -0.4 is 10.6 Å². The Hall–Kier alpha value is -1.88. The first-order valence-electron chi connectivity index (χ1n) is 6.25. The summed E-state index contributed by atoms with van der Waals surface area (Å²) in [6.07, 6.45) is 0. The molecule has 0 radical (unpaired) electrons. The maximum absolute atomic E-state index is 7.55. The van der Waals surface area contributed by atoms with Crippen LogP contribution >= 0.6 is 15.9 Å². The van der Waals surface area contributed by atoms with E-state index in [0.29, 0.717) is 5.56 Å². The van der Waals surface area contributed by atoms with E-state index in [1.165, 1.54) is 5.56 Å². The van der Waals surface area contributed by atoms with E-state index in [4.69, 9.17) is 11.1 Å². The fourth-order valence-corrected chi connectivity index (χ4v) is 2.38. The van der Waals surface area contributed by atoms with Crippen LogP contribution in [0.25, 0.3) is 0 Å². The largest absolute Gasteiger partial charge is 0.384 e. The molecule has 5 heteroatoms. The van der Waals surface area contributed by atoms with Crippen molar-refractivity contribution in [1.82, 2.24) is 4.98 Å². The molecule has 2 rings (SSSR count). The molecule has 1 aromatic carbocycles. The standard InChI is InChI=1S/C15H17BrN4/c1-10-7-12(15(17)18)8-14(19-10)20(2)9-11-5-3-4-6-13(11)16/h3-8H,9H2,1-2H3,(H3,17,18). The lowest BCUT2D eigenvalue weighted by Crippen LogP contribution is -2.20. The Balaban J connectivity index is 2.27. The Morgan fingerprint density at radius 3 is 2.70 bits per heavy atom. The summed E-state index contributed by atoms with van der Waals surface area (Å²) >= 11 is 3.55. The average molecular weight is 333 g/mol. The van der Waals surface area contributed by atoms with Gasteiger partial charge in [-0.3, -0.25) is 5.41 Å². The van der Waals surface area contributed by atoms with Gasteiger partial charge in [-0.1, -0.05) is 34.1 Å². The minimum absolute atomic E-state index is 0.0611. The minimum atomic E-state index is 0.0611. The SMILES string of the molecule is Cc1cc(C(=N)N)cc(N(C)Cc2ccccc2Br)n1. The van der Waals surface area contributed by atoms with Crippen molar-refractivity contribution in [2.24, 2.45) is 5.73 Å². The molecule has 4 nitrogen and oxygen atoms in total. The van der Waals surface area contributed by atoms with Crippen LogP contribution in [-0.2, 0) is 6.54 Å². The van der Waals surface area contributed by atoms with Crippen LogP contribution in [0.4, 0.5) is 5.82 Å². The minimum Gasteiger partial charge on any atom is -0.384 e. The van der Waals surface area contributed by atoms with Crippen LogP contribution in [0.3, 0.4) is 0 Å². The van der Waals surface area contributed by atoms with E-state index in [1.54, 1.807) is 0 Å². The van der Waals surface area contributed by atoms with Crippen LogP contribution in [-0.4, -0.2) is 17.9 Å². The molecule has 1 aromatic heterocycles. The van der Waals surface area contributed by atoms with Crippen LogP contribution in [0.1, 0.15) is 16.8 Å². The van der Waals surface area contributed by atoms with Gasteiger partial charge in [0.2, 0.25) is 0 Å². The monoisotopic (exact) mass is 332 g/mol. The zero-order valence-corrected chi connectivity index (χ0v) is 13.1. The number of nitrogen functional groups attached to an aromatic ring is 1. The Bertz CT molecular complexity index is 640. The highest BCUT2D eigenvalue weighted by molar-refractivity contribution is 9.10. The highest BCUT2D eigenvalue weighted by Crippen LogP contribution is 2.21. The van der Waals surface area contributed by atoms with Gasteiger partial charge in [0, 0.05) is 29.3 Å². The number of hydrogen-bond acceptors (Lipinski definition) is 3. The molecule has 1 heterocycles. The van der Waals surface area contributed by atoms with E-state index in [0.717, 1.165) is 22.5 Å². The van der Waals surface area contributed by atoms with Crippen molar-refractivity contribution < 1.29 is 0 Å². The molecule has 0 aliphatic carbocycles. The van der Waals surface area contributed by atoms with Gasteiger partial charge >= 0.3 is 0 Å². The number of nitrogens with zero attached hydrogens (tertiary/aromatic N) is 2. The third-order valence-electron chi connectivity index (χ3n) is 3.01. The lowest BCUT2D eigenvalue weighted by molar-refractivity contribution is 0.888. The topological polar surface area (TPSA) is 66.0 Å². The first-order valence-corrected chi connectivity index (χ1v) is 7.04. The predicted molar refractivity (Wildman–Crippen MR) is 86.2 cm³/mol. The van der Waals surface area contributed by atoms with Gasteiger partial charge in [0.05, 0.1) is 0 Å². The van der Waals surface area contributed by atoms with Crippen LogP contribution in [0.15, 0.2) is 40.9 Å². The van der Waals surface area contributed by atoms with E-state index in [2.05, 4.69) is 27.0 Å². The quantitative estimate of drug-likeness (QED) is 0.667. The maximum Gasteiger partial charge on any atom is 0.129 e. The summed E-state index contributed by atoms with van der Waals surface area (Å²) in [6.45, 7) is 2.64. The van der Waals surface area contributed by atoms with Gasteiger partial charge in [-0.2, -0.15) is 0 Å². The number of hydrogen-bond donors (Lipinski definition) is 2. The van der Waals surface area contributed by atoms with E-state index in [1.807, 2.05) is 49.2 Å². The van der Waals surface area contributed by atoms with Gasteiger partial charge < -0.3 is 10.6 Å². The molecule has 0 spiro atoms. The molecular formula is C15H17BrN4. The fraction of sp³-hybridized carbons (Fsp3) is 0.200. The number of pyridine rings is 1. The van der Waals surface area contributed by atoms with Gasteiger partial charge in [0.25, 0.3) is 0 Å². The number of aromatic nitrogens is 1. The second-order valence-corrected chi connectivity index (χ2v) is 5.57. The van der Waals surface area contributed by atoms with Crippen molar-refractivity contribution >= 4 is 27.6 Å². The normalized spacial score (nSPS) is 10.3.